The fourth-order valence-electron chi connectivity index (χ4n) is 1.81. The van der Waals surface area contributed by atoms with Crippen molar-refractivity contribution in [3.63, 3.8) is 0 Å². The number of rotatable bonds is 10. The molecule has 0 saturated heterocycles. The van der Waals surface area contributed by atoms with E-state index in [2.05, 4.69) is 4.74 Å². The van der Waals surface area contributed by atoms with Gasteiger partial charge in [0, 0.05) is 6.08 Å². The van der Waals surface area contributed by atoms with Gasteiger partial charge < -0.3 is 14.6 Å². The predicted octanol–water partition coefficient (Wildman–Crippen LogP) is 4.48. The first-order valence-electron chi connectivity index (χ1n) is 9.11. The van der Waals surface area contributed by atoms with Gasteiger partial charge in [0.25, 0.3) is 0 Å². The second-order valence-electron chi connectivity index (χ2n) is 6.25. The van der Waals surface area contributed by atoms with E-state index in [0.717, 1.165) is 28.4 Å². The lowest BCUT2D eigenvalue weighted by molar-refractivity contribution is -0.297. The highest BCUT2D eigenvalue weighted by Crippen LogP contribution is 2.02. The molecule has 0 aromatic rings. The topological polar surface area (TPSA) is 66.4 Å². The third-order valence-electron chi connectivity index (χ3n) is 3.43. The molecule has 0 saturated carbocycles. The van der Waals surface area contributed by atoms with Crippen LogP contribution in [0.5, 0.6) is 0 Å². The minimum atomic E-state index is -1.21. The molecule has 0 aromatic heterocycles. The van der Waals surface area contributed by atoms with Crippen molar-refractivity contribution in [2.75, 3.05) is 7.11 Å². The van der Waals surface area contributed by atoms with Gasteiger partial charge in [0.15, 0.2) is 0 Å². The standard InChI is InChI=1S/C25H30O4/c1-20(12-8-14-22(3)16-18-24(26)27)10-6-7-11-21(2)13-9-15-23(4)17-19-25(28)29-5/h6-19H,1-5H3,(H,26,27)/p-1/b7-6+,12-8+,13-9+,18-16+,19-17+,20-10+,21-11+,22-14+,23-15+. The lowest BCUT2D eigenvalue weighted by Gasteiger charge is -1.92. The molecule has 0 fully saturated rings. The van der Waals surface area contributed by atoms with Gasteiger partial charge in [-0.2, -0.15) is 0 Å². The number of esters is 1. The molecule has 4 nitrogen and oxygen atoms in total. The van der Waals surface area contributed by atoms with E-state index in [1.165, 1.54) is 19.3 Å². The Balaban J connectivity index is 4.67. The summed E-state index contributed by atoms with van der Waals surface area (Å²) >= 11 is 0. The highest BCUT2D eigenvalue weighted by molar-refractivity contribution is 5.82. The van der Waals surface area contributed by atoms with Gasteiger partial charge >= 0.3 is 5.97 Å². The van der Waals surface area contributed by atoms with Crippen LogP contribution in [-0.2, 0) is 14.3 Å². The first kappa shape index (κ1) is 25.6. The SMILES string of the molecule is COC(=O)/C=C/C(C)=C/C=C/C(C)=C/C=C/C=C(C)/C=C/C=C(C)/C=C/C(=O)[O-]. The molecule has 4 heteroatoms. The maximum Gasteiger partial charge on any atom is 0.330 e. The van der Waals surface area contributed by atoms with Crippen LogP contribution in [0.1, 0.15) is 27.7 Å². The number of allylic oxidation sites excluding steroid dienone is 16. The van der Waals surface area contributed by atoms with Crippen LogP contribution in [0.2, 0.25) is 0 Å². The number of hydrogen-bond donors (Lipinski definition) is 0. The van der Waals surface area contributed by atoms with Crippen molar-refractivity contribution in [1.82, 2.24) is 0 Å². The Kier molecular flexibility index (Phi) is 13.8. The number of methoxy groups -OCH3 is 1. The van der Waals surface area contributed by atoms with Crippen LogP contribution < -0.4 is 5.11 Å². The van der Waals surface area contributed by atoms with Crippen molar-refractivity contribution in [2.45, 2.75) is 27.7 Å². The lowest BCUT2D eigenvalue weighted by Crippen LogP contribution is -2.18. The summed E-state index contributed by atoms with van der Waals surface area (Å²) in [4.78, 5) is 21.4. The van der Waals surface area contributed by atoms with Gasteiger partial charge in [0.05, 0.1) is 13.1 Å². The normalized spacial score (nSPS) is 14.9. The second kappa shape index (κ2) is 15.6. The van der Waals surface area contributed by atoms with Gasteiger partial charge in [-0.15, -0.1) is 0 Å². The van der Waals surface area contributed by atoms with Gasteiger partial charge in [0.1, 0.15) is 0 Å². The van der Waals surface area contributed by atoms with E-state index in [9.17, 15) is 14.7 Å². The fourth-order valence-corrected chi connectivity index (χ4v) is 1.81. The maximum absolute atomic E-state index is 11.0. The summed E-state index contributed by atoms with van der Waals surface area (Å²) < 4.78 is 4.54. The average molecular weight is 394 g/mol. The number of carboxylic acids is 1. The minimum Gasteiger partial charge on any atom is -0.545 e. The number of ether oxygens (including phenoxy) is 1. The summed E-state index contributed by atoms with van der Waals surface area (Å²) in [5.74, 6) is -1.58. The Morgan fingerprint density at radius 2 is 0.966 bits per heavy atom. The molecular formula is C25H29O4-. The summed E-state index contributed by atoms with van der Waals surface area (Å²) in [5.41, 5.74) is 3.91. The molecule has 0 heterocycles. The van der Waals surface area contributed by atoms with Crippen molar-refractivity contribution in [2.24, 2.45) is 0 Å². The van der Waals surface area contributed by atoms with Crippen molar-refractivity contribution >= 4 is 11.9 Å². The monoisotopic (exact) mass is 393 g/mol. The van der Waals surface area contributed by atoms with Crippen molar-refractivity contribution in [3.8, 4) is 0 Å². The number of carboxylic acid groups (broad SMARTS) is 1. The Labute approximate surface area is 174 Å². The molecule has 0 amide bonds. The predicted molar refractivity (Wildman–Crippen MR) is 118 cm³/mol. The van der Waals surface area contributed by atoms with E-state index in [1.807, 2.05) is 88.5 Å². The number of carbonyl (C=O) groups excluding carboxylic acids is 2. The highest BCUT2D eigenvalue weighted by Gasteiger charge is 1.89. The molecule has 0 unspecified atom stereocenters. The molecule has 0 aromatic carbocycles. The van der Waals surface area contributed by atoms with Crippen LogP contribution in [-0.4, -0.2) is 19.0 Å². The zero-order valence-corrected chi connectivity index (χ0v) is 17.7. The van der Waals surface area contributed by atoms with Crippen molar-refractivity contribution in [1.29, 1.82) is 0 Å². The molecule has 0 rings (SSSR count). The van der Waals surface area contributed by atoms with Gasteiger partial charge in [-0.3, -0.25) is 0 Å². The van der Waals surface area contributed by atoms with E-state index in [-0.39, 0.29) is 5.97 Å². The summed E-state index contributed by atoms with van der Waals surface area (Å²) in [6.45, 7) is 7.70. The molecule has 154 valence electrons. The smallest absolute Gasteiger partial charge is 0.330 e. The summed E-state index contributed by atoms with van der Waals surface area (Å²) in [7, 11) is 1.35. The average Bonchev–Trinajstić information content (AvgIpc) is 2.67. The Morgan fingerprint density at radius 3 is 1.38 bits per heavy atom. The number of carbonyl (C=O) groups is 2. The summed E-state index contributed by atoms with van der Waals surface area (Å²) in [5, 5.41) is 10.3. The number of hydrogen-bond acceptors (Lipinski definition) is 4. The molecule has 0 radical (unpaired) electrons. The van der Waals surface area contributed by atoms with Crippen molar-refractivity contribution in [3.05, 3.63) is 107 Å². The van der Waals surface area contributed by atoms with Crippen LogP contribution in [0, 0.1) is 0 Å². The van der Waals surface area contributed by atoms with E-state index < -0.39 is 5.97 Å². The molecule has 0 spiro atoms. The molecule has 29 heavy (non-hydrogen) atoms. The van der Waals surface area contributed by atoms with Crippen LogP contribution in [0.25, 0.3) is 0 Å². The lowest BCUT2D eigenvalue weighted by atomic mass is 10.2. The summed E-state index contributed by atoms with van der Waals surface area (Å²) in [6, 6.07) is 0. The van der Waals surface area contributed by atoms with Crippen LogP contribution in [0.3, 0.4) is 0 Å². The highest BCUT2D eigenvalue weighted by atomic mass is 16.5. The molecule has 0 aliphatic rings. The first-order chi connectivity index (χ1) is 13.7. The molecular weight excluding hydrogens is 364 g/mol. The molecule has 0 aliphatic heterocycles. The van der Waals surface area contributed by atoms with Crippen LogP contribution >= 0.6 is 0 Å². The van der Waals surface area contributed by atoms with Crippen molar-refractivity contribution < 1.29 is 19.4 Å². The first-order valence-corrected chi connectivity index (χ1v) is 9.11. The maximum atomic E-state index is 11.0. The van der Waals surface area contributed by atoms with Gasteiger partial charge in [-0.25, -0.2) is 4.79 Å². The number of aliphatic carboxylic acids is 1. The Hall–Kier alpha value is -3.40. The quantitative estimate of drug-likeness (QED) is 0.312. The summed E-state index contributed by atoms with van der Waals surface area (Å²) in [6.07, 6.45) is 24.9. The third kappa shape index (κ3) is 16.5. The second-order valence-corrected chi connectivity index (χ2v) is 6.25. The van der Waals surface area contributed by atoms with Gasteiger partial charge in [-0.05, 0) is 33.8 Å². The van der Waals surface area contributed by atoms with E-state index in [4.69, 9.17) is 0 Å². The van der Waals surface area contributed by atoms with E-state index >= 15 is 0 Å². The largest absolute Gasteiger partial charge is 0.545 e. The molecule has 0 aliphatic carbocycles. The van der Waals surface area contributed by atoms with Crippen LogP contribution in [0.15, 0.2) is 107 Å². The molecule has 0 bridgehead atoms. The minimum absolute atomic E-state index is 0.375. The Bertz CT molecular complexity index is 823. The Morgan fingerprint density at radius 1 is 0.586 bits per heavy atom. The van der Waals surface area contributed by atoms with E-state index in [1.54, 1.807) is 6.08 Å². The zero-order valence-electron chi connectivity index (χ0n) is 17.7. The third-order valence-corrected chi connectivity index (χ3v) is 3.43. The van der Waals surface area contributed by atoms with Gasteiger partial charge in [0.2, 0.25) is 0 Å². The zero-order chi connectivity index (χ0) is 22.1. The molecule has 0 atom stereocenters. The molecule has 0 N–H and O–H groups in total. The van der Waals surface area contributed by atoms with Crippen LogP contribution in [0.4, 0.5) is 0 Å². The fraction of sp³-hybridized carbons (Fsp3) is 0.200. The van der Waals surface area contributed by atoms with Gasteiger partial charge in [-0.1, -0.05) is 95.2 Å². The van der Waals surface area contributed by atoms with E-state index in [0.29, 0.717) is 0 Å².